The third kappa shape index (κ3) is 16.4. The Morgan fingerprint density at radius 2 is 1.24 bits per heavy atom. The fourth-order valence-electron chi connectivity index (χ4n) is 5.10. The van der Waals surface area contributed by atoms with Crippen molar-refractivity contribution < 1.29 is 58.6 Å². The van der Waals surface area contributed by atoms with Crippen molar-refractivity contribution in [2.75, 3.05) is 13.2 Å². The van der Waals surface area contributed by atoms with E-state index in [-0.39, 0.29) is 5.56 Å². The molecule has 0 radical (unpaired) electrons. The first kappa shape index (κ1) is 49.2. The van der Waals surface area contributed by atoms with Gasteiger partial charge in [-0.2, -0.15) is 0 Å². The zero-order chi connectivity index (χ0) is 44.4. The normalized spacial score (nSPS) is 14.4. The standard InChI is InChI=1S/C36H53BN10O12/c1-4-5-6-20-7-9-21(10-8-20)22-11-13-23(14-12-22)31(52)44-25(17-48)33(54)46-29(39)35(56)41-16-27(51)45-28(18(2)49)34(55)47-30(40)36(57)43-24(15-26(38)50)32(53)42-19(3)37(58)59/h7-14,18-19,24-25,28-30,48-49,58-59H,4-6,15-17,39-40H2,1-3H3,(H2,38,50)(H,41,56)(H,42,53)(H,43,57)(H,44,52)(H,45,51)(H,46,54)(H,47,55)/t18?,19-,24-,25+,28-,29-,30+/m0/s1. The summed E-state index contributed by atoms with van der Waals surface area (Å²) in [7, 11) is -1.98. The highest BCUT2D eigenvalue weighted by molar-refractivity contribution is 6.43. The molecule has 0 saturated heterocycles. The smallest absolute Gasteiger partial charge is 0.426 e. The number of aliphatic hydroxyl groups is 2. The van der Waals surface area contributed by atoms with Crippen molar-refractivity contribution in [3.63, 3.8) is 0 Å². The molecule has 22 nitrogen and oxygen atoms in total. The lowest BCUT2D eigenvalue weighted by molar-refractivity contribution is -0.136. The van der Waals surface area contributed by atoms with Gasteiger partial charge in [-0.15, -0.1) is 0 Å². The van der Waals surface area contributed by atoms with Gasteiger partial charge in [-0.25, -0.2) is 0 Å². The van der Waals surface area contributed by atoms with Crippen molar-refractivity contribution in [1.29, 1.82) is 0 Å². The van der Waals surface area contributed by atoms with Crippen LogP contribution in [0.5, 0.6) is 0 Å². The van der Waals surface area contributed by atoms with E-state index in [2.05, 4.69) is 38.8 Å². The first-order chi connectivity index (χ1) is 27.8. The molecule has 0 aliphatic rings. The van der Waals surface area contributed by atoms with Gasteiger partial charge in [-0.3, -0.25) is 38.4 Å². The van der Waals surface area contributed by atoms with Gasteiger partial charge < -0.3 is 74.7 Å². The lowest BCUT2D eigenvalue weighted by Crippen LogP contribution is -2.62. The zero-order valence-electron chi connectivity index (χ0n) is 32.8. The Morgan fingerprint density at radius 1 is 0.695 bits per heavy atom. The van der Waals surface area contributed by atoms with Gasteiger partial charge in [0.2, 0.25) is 29.5 Å². The predicted molar refractivity (Wildman–Crippen MR) is 211 cm³/mol. The van der Waals surface area contributed by atoms with Crippen LogP contribution >= 0.6 is 0 Å². The van der Waals surface area contributed by atoms with Crippen molar-refractivity contribution in [3.8, 4) is 11.1 Å². The van der Waals surface area contributed by atoms with Crippen LogP contribution in [0.15, 0.2) is 48.5 Å². The number of hydrogen-bond donors (Lipinski definition) is 14. The van der Waals surface area contributed by atoms with Gasteiger partial charge in [0.25, 0.3) is 17.7 Å². The van der Waals surface area contributed by atoms with Gasteiger partial charge >= 0.3 is 7.12 Å². The molecule has 0 aliphatic carbocycles. The topological polar surface area (TPSA) is 380 Å². The number of benzene rings is 2. The maximum Gasteiger partial charge on any atom is 0.475 e. The zero-order valence-corrected chi connectivity index (χ0v) is 32.8. The summed E-state index contributed by atoms with van der Waals surface area (Å²) in [4.78, 5) is 100. The fraction of sp³-hybridized carbons (Fsp3) is 0.444. The molecule has 17 N–H and O–H groups in total. The molecule has 23 heteroatoms. The monoisotopic (exact) mass is 828 g/mol. The number of aryl methyl sites for hydroxylation is 1. The molecule has 2 aromatic carbocycles. The van der Waals surface area contributed by atoms with Gasteiger partial charge in [-0.1, -0.05) is 49.7 Å². The number of unbranched alkanes of at least 4 members (excludes halogenated alkanes) is 1. The summed E-state index contributed by atoms with van der Waals surface area (Å²) < 4.78 is 0. The fourth-order valence-corrected chi connectivity index (χ4v) is 5.10. The minimum atomic E-state index is -1.98. The van der Waals surface area contributed by atoms with E-state index in [1.54, 1.807) is 24.3 Å². The quantitative estimate of drug-likeness (QED) is 0.0367. The highest BCUT2D eigenvalue weighted by atomic mass is 16.4. The van der Waals surface area contributed by atoms with E-state index in [1.165, 1.54) is 12.5 Å². The SMILES string of the molecule is CCCCc1ccc(-c2ccc(C(=O)N[C@H](CO)C(=O)N[C@H](N)C(=O)NCC(=O)N[C@H](C(=O)N[C@@H](N)C(=O)N[C@@H](CC(N)=O)C(=O)N[C@@H](C)B(O)O)C(C)O)cc2)cc1. The summed E-state index contributed by atoms with van der Waals surface area (Å²) in [6.45, 7) is 2.75. The molecule has 0 saturated carbocycles. The predicted octanol–water partition coefficient (Wildman–Crippen LogP) is -5.55. The molecule has 0 heterocycles. The second-order valence-electron chi connectivity index (χ2n) is 13.5. The van der Waals surface area contributed by atoms with Crippen LogP contribution in [0.2, 0.25) is 0 Å². The van der Waals surface area contributed by atoms with Crippen LogP contribution in [0.3, 0.4) is 0 Å². The number of nitrogens with two attached hydrogens (primary N) is 3. The van der Waals surface area contributed by atoms with Crippen LogP contribution in [0, 0.1) is 0 Å². The number of carbonyl (C=O) groups is 8. The van der Waals surface area contributed by atoms with E-state index in [4.69, 9.17) is 17.2 Å². The Kier molecular flexibility index (Phi) is 20.1. The number of aliphatic hydroxyl groups excluding tert-OH is 2. The third-order valence-electron chi connectivity index (χ3n) is 8.58. The molecule has 322 valence electrons. The first-order valence-electron chi connectivity index (χ1n) is 18.5. The molecule has 7 atom stereocenters. The minimum absolute atomic E-state index is 0.187. The summed E-state index contributed by atoms with van der Waals surface area (Å²) in [5.74, 6) is -9.56. The average Bonchev–Trinajstić information content (AvgIpc) is 3.19. The number of rotatable bonds is 23. The van der Waals surface area contributed by atoms with Gasteiger partial charge in [0.1, 0.15) is 18.1 Å². The van der Waals surface area contributed by atoms with Gasteiger partial charge in [0.15, 0.2) is 12.3 Å². The van der Waals surface area contributed by atoms with Crippen LogP contribution in [-0.4, -0.2) is 130 Å². The van der Waals surface area contributed by atoms with Crippen molar-refractivity contribution in [1.82, 2.24) is 37.2 Å². The average molecular weight is 829 g/mol. The van der Waals surface area contributed by atoms with Gasteiger partial charge in [0.05, 0.1) is 31.6 Å². The maximum absolute atomic E-state index is 12.9. The molecular formula is C36H53BN10O12. The van der Waals surface area contributed by atoms with E-state index >= 15 is 0 Å². The van der Waals surface area contributed by atoms with Crippen LogP contribution in [-0.2, 0) is 40.0 Å². The summed E-state index contributed by atoms with van der Waals surface area (Å²) in [5, 5.41) is 53.2. The molecule has 59 heavy (non-hydrogen) atoms. The van der Waals surface area contributed by atoms with Crippen LogP contribution in [0.25, 0.3) is 11.1 Å². The third-order valence-corrected chi connectivity index (χ3v) is 8.58. The summed E-state index contributed by atoms with van der Waals surface area (Å²) >= 11 is 0. The number of nitrogens with one attached hydrogen (secondary N) is 7. The highest BCUT2D eigenvalue weighted by Crippen LogP contribution is 2.21. The van der Waals surface area contributed by atoms with E-state index in [1.807, 2.05) is 29.6 Å². The molecule has 0 bridgehead atoms. The molecule has 0 aliphatic heterocycles. The van der Waals surface area contributed by atoms with Crippen molar-refractivity contribution >= 4 is 54.4 Å². The second-order valence-corrected chi connectivity index (χ2v) is 13.5. The van der Waals surface area contributed by atoms with Crippen molar-refractivity contribution in [2.24, 2.45) is 17.2 Å². The van der Waals surface area contributed by atoms with Crippen LogP contribution in [0.4, 0.5) is 0 Å². The lowest BCUT2D eigenvalue weighted by Gasteiger charge is -2.25. The lowest BCUT2D eigenvalue weighted by atomic mass is 9.81. The Morgan fingerprint density at radius 3 is 1.76 bits per heavy atom. The summed E-state index contributed by atoms with van der Waals surface area (Å²) in [6.07, 6.45) is -2.86. The Hall–Kier alpha value is -5.98. The first-order valence-corrected chi connectivity index (χ1v) is 18.5. The molecule has 0 aromatic heterocycles. The number of amides is 8. The van der Waals surface area contributed by atoms with E-state index in [0.717, 1.165) is 37.3 Å². The number of carbonyl (C=O) groups excluding carboxylic acids is 8. The Balaban J connectivity index is 1.90. The summed E-state index contributed by atoms with van der Waals surface area (Å²) in [6, 6.07) is 9.71. The van der Waals surface area contributed by atoms with Crippen LogP contribution in [0.1, 0.15) is 56.0 Å². The Labute approximate surface area is 339 Å². The van der Waals surface area contributed by atoms with E-state index in [9.17, 15) is 58.6 Å². The van der Waals surface area contributed by atoms with E-state index < -0.39 is 116 Å². The van der Waals surface area contributed by atoms with Gasteiger partial charge in [-0.05, 0) is 55.5 Å². The Bertz CT molecular complexity index is 1780. The molecule has 8 amide bonds. The van der Waals surface area contributed by atoms with Crippen molar-refractivity contribution in [3.05, 3.63) is 59.7 Å². The van der Waals surface area contributed by atoms with Crippen molar-refractivity contribution in [2.45, 2.75) is 89.0 Å². The van der Waals surface area contributed by atoms with E-state index in [0.29, 0.717) is 0 Å². The highest BCUT2D eigenvalue weighted by Gasteiger charge is 2.32. The molecule has 1 unspecified atom stereocenters. The minimum Gasteiger partial charge on any atom is -0.426 e. The molecule has 2 aromatic rings. The largest absolute Gasteiger partial charge is 0.475 e. The molecular weight excluding hydrogens is 775 g/mol. The van der Waals surface area contributed by atoms with Crippen LogP contribution < -0.4 is 54.4 Å². The van der Waals surface area contributed by atoms with Gasteiger partial charge in [0, 0.05) is 5.56 Å². The summed E-state index contributed by atoms with van der Waals surface area (Å²) in [5.41, 5.74) is 19.8. The molecule has 0 fully saturated rings. The second kappa shape index (κ2) is 24.1. The number of hydrogen-bond acceptors (Lipinski definition) is 14. The molecule has 2 rings (SSSR count). The number of primary amides is 1. The maximum atomic E-state index is 12.9. The molecule has 0 spiro atoms.